The van der Waals surface area contributed by atoms with Gasteiger partial charge in [-0.3, -0.25) is 4.79 Å². The summed E-state index contributed by atoms with van der Waals surface area (Å²) in [5.41, 5.74) is 0.463. The van der Waals surface area contributed by atoms with Crippen LogP contribution < -0.4 is 0 Å². The molecular weight excluding hydrogens is 209 g/mol. The Bertz CT molecular complexity index is 358. The smallest absolute Gasteiger partial charge is 0.393 e. The first kappa shape index (κ1) is 11.6. The summed E-state index contributed by atoms with van der Waals surface area (Å²) in [5.74, 6) is -1.06. The number of carboxylic acid groups (broad SMARTS) is 1. The van der Waals surface area contributed by atoms with Crippen molar-refractivity contribution in [1.29, 1.82) is 0 Å². The predicted molar refractivity (Wildman–Crippen MR) is 47.5 cm³/mol. The highest BCUT2D eigenvalue weighted by atomic mass is 19.4. The molecule has 0 unspecified atom stereocenters. The van der Waals surface area contributed by atoms with E-state index in [1.165, 1.54) is 24.3 Å². The van der Waals surface area contributed by atoms with Crippen molar-refractivity contribution >= 4 is 5.97 Å². The number of rotatable bonds is 3. The molecule has 1 aromatic carbocycles. The lowest BCUT2D eigenvalue weighted by Gasteiger charge is -2.07. The number of carboxylic acids is 1. The van der Waals surface area contributed by atoms with Crippen molar-refractivity contribution in [3.63, 3.8) is 0 Å². The summed E-state index contributed by atoms with van der Waals surface area (Å²) >= 11 is 0. The van der Waals surface area contributed by atoms with Crippen LogP contribution in [-0.2, 0) is 17.6 Å². The fourth-order valence-corrected chi connectivity index (χ4v) is 1.26. The van der Waals surface area contributed by atoms with Crippen molar-refractivity contribution < 1.29 is 23.1 Å². The van der Waals surface area contributed by atoms with Gasteiger partial charge in [0, 0.05) is 0 Å². The zero-order chi connectivity index (χ0) is 11.5. The summed E-state index contributed by atoms with van der Waals surface area (Å²) in [6.07, 6.45) is -5.55. The predicted octanol–water partition coefficient (Wildman–Crippen LogP) is 2.42. The minimum Gasteiger partial charge on any atom is -0.481 e. The Morgan fingerprint density at radius 2 is 1.87 bits per heavy atom. The van der Waals surface area contributed by atoms with Gasteiger partial charge in [-0.1, -0.05) is 24.3 Å². The molecule has 0 amide bonds. The van der Waals surface area contributed by atoms with Gasteiger partial charge in [-0.15, -0.1) is 0 Å². The van der Waals surface area contributed by atoms with E-state index in [-0.39, 0.29) is 12.0 Å². The lowest BCUT2D eigenvalue weighted by molar-refractivity contribution is -0.136. The van der Waals surface area contributed by atoms with Crippen molar-refractivity contribution in [2.24, 2.45) is 0 Å². The van der Waals surface area contributed by atoms with Crippen LogP contribution in [-0.4, -0.2) is 17.3 Å². The highest BCUT2D eigenvalue weighted by Crippen LogP contribution is 2.21. The summed E-state index contributed by atoms with van der Waals surface area (Å²) in [4.78, 5) is 10.3. The van der Waals surface area contributed by atoms with Gasteiger partial charge in [0.2, 0.25) is 0 Å². The molecule has 2 nitrogen and oxygen atoms in total. The average Bonchev–Trinajstić information content (AvgIpc) is 1.99. The standard InChI is InChI=1S/C10H9F3O2/c11-10(12,13)6-8-3-1-2-7(4-8)5-9(14)15/h1-4H,5-6H2,(H,14,15). The molecule has 0 atom stereocenters. The number of benzene rings is 1. The number of halogens is 3. The maximum atomic E-state index is 12.0. The Labute approximate surface area is 84.3 Å². The van der Waals surface area contributed by atoms with Crippen molar-refractivity contribution in [1.82, 2.24) is 0 Å². The second-order valence-corrected chi connectivity index (χ2v) is 3.18. The molecule has 15 heavy (non-hydrogen) atoms. The molecule has 82 valence electrons. The third-order valence-corrected chi connectivity index (χ3v) is 1.75. The zero-order valence-corrected chi connectivity index (χ0v) is 7.71. The largest absolute Gasteiger partial charge is 0.481 e. The Morgan fingerprint density at radius 3 is 2.40 bits per heavy atom. The fourth-order valence-electron chi connectivity index (χ4n) is 1.26. The summed E-state index contributed by atoms with van der Waals surface area (Å²) in [6.45, 7) is 0. The molecule has 0 aliphatic carbocycles. The molecule has 0 saturated carbocycles. The minimum atomic E-state index is -4.26. The third kappa shape index (κ3) is 4.49. The molecule has 5 heteroatoms. The molecule has 0 aromatic heterocycles. The molecule has 1 aromatic rings. The molecule has 0 aliphatic heterocycles. The molecule has 0 spiro atoms. The van der Waals surface area contributed by atoms with Gasteiger partial charge in [-0.25, -0.2) is 0 Å². The normalized spacial score (nSPS) is 11.4. The number of hydrogen-bond acceptors (Lipinski definition) is 1. The maximum absolute atomic E-state index is 12.0. The van der Waals surface area contributed by atoms with E-state index >= 15 is 0 Å². The summed E-state index contributed by atoms with van der Waals surface area (Å²) in [7, 11) is 0. The Morgan fingerprint density at radius 1 is 1.27 bits per heavy atom. The van der Waals surface area contributed by atoms with E-state index in [0.29, 0.717) is 5.56 Å². The topological polar surface area (TPSA) is 37.3 Å². The van der Waals surface area contributed by atoms with Crippen molar-refractivity contribution in [3.8, 4) is 0 Å². The maximum Gasteiger partial charge on any atom is 0.393 e. The van der Waals surface area contributed by atoms with E-state index in [1.54, 1.807) is 0 Å². The van der Waals surface area contributed by atoms with E-state index < -0.39 is 18.6 Å². The van der Waals surface area contributed by atoms with Gasteiger partial charge < -0.3 is 5.11 Å². The van der Waals surface area contributed by atoms with Gasteiger partial charge in [-0.2, -0.15) is 13.2 Å². The highest BCUT2D eigenvalue weighted by molar-refractivity contribution is 5.70. The quantitative estimate of drug-likeness (QED) is 0.845. The monoisotopic (exact) mass is 218 g/mol. The van der Waals surface area contributed by atoms with Crippen LogP contribution in [0.3, 0.4) is 0 Å². The molecule has 0 radical (unpaired) electrons. The SMILES string of the molecule is O=C(O)Cc1cccc(CC(F)(F)F)c1. The van der Waals surface area contributed by atoms with Crippen molar-refractivity contribution in [2.75, 3.05) is 0 Å². The Hall–Kier alpha value is -1.52. The summed E-state index contributed by atoms with van der Waals surface area (Å²) in [6, 6.07) is 5.52. The second kappa shape index (κ2) is 4.33. The van der Waals surface area contributed by atoms with Crippen molar-refractivity contribution in [2.45, 2.75) is 19.0 Å². The number of hydrogen-bond donors (Lipinski definition) is 1. The number of alkyl halides is 3. The van der Waals surface area contributed by atoms with Gasteiger partial charge in [-0.05, 0) is 11.1 Å². The van der Waals surface area contributed by atoms with E-state index in [4.69, 9.17) is 5.11 Å². The minimum absolute atomic E-state index is 0.0845. The average molecular weight is 218 g/mol. The van der Waals surface area contributed by atoms with Crippen LogP contribution in [0, 0.1) is 0 Å². The van der Waals surface area contributed by atoms with E-state index in [1.807, 2.05) is 0 Å². The first-order chi connectivity index (χ1) is 6.87. The molecular formula is C10H9F3O2. The Kier molecular flexibility index (Phi) is 3.34. The van der Waals surface area contributed by atoms with Gasteiger partial charge in [0.1, 0.15) is 0 Å². The van der Waals surface area contributed by atoms with Gasteiger partial charge in [0.05, 0.1) is 12.8 Å². The van der Waals surface area contributed by atoms with Crippen LogP contribution in [0.4, 0.5) is 13.2 Å². The lowest BCUT2D eigenvalue weighted by atomic mass is 10.1. The molecule has 0 heterocycles. The molecule has 1 N–H and O–H groups in total. The van der Waals surface area contributed by atoms with Gasteiger partial charge in [0.25, 0.3) is 0 Å². The first-order valence-corrected chi connectivity index (χ1v) is 4.23. The first-order valence-electron chi connectivity index (χ1n) is 4.23. The summed E-state index contributed by atoms with van der Waals surface area (Å²) in [5, 5.41) is 8.47. The van der Waals surface area contributed by atoms with Crippen LogP contribution >= 0.6 is 0 Å². The molecule has 0 saturated heterocycles. The van der Waals surface area contributed by atoms with E-state index in [0.717, 1.165) is 0 Å². The number of aliphatic carboxylic acids is 1. The fraction of sp³-hybridized carbons (Fsp3) is 0.300. The lowest BCUT2D eigenvalue weighted by Crippen LogP contribution is -2.11. The van der Waals surface area contributed by atoms with Crippen LogP contribution in [0.25, 0.3) is 0 Å². The van der Waals surface area contributed by atoms with Crippen LogP contribution in [0.1, 0.15) is 11.1 Å². The third-order valence-electron chi connectivity index (χ3n) is 1.75. The van der Waals surface area contributed by atoms with Crippen LogP contribution in [0.2, 0.25) is 0 Å². The van der Waals surface area contributed by atoms with Crippen LogP contribution in [0.15, 0.2) is 24.3 Å². The molecule has 0 fully saturated rings. The Balaban J connectivity index is 2.79. The molecule has 0 aliphatic rings. The van der Waals surface area contributed by atoms with Crippen LogP contribution in [0.5, 0.6) is 0 Å². The molecule has 0 bridgehead atoms. The van der Waals surface area contributed by atoms with E-state index in [2.05, 4.69) is 0 Å². The highest BCUT2D eigenvalue weighted by Gasteiger charge is 2.27. The van der Waals surface area contributed by atoms with E-state index in [9.17, 15) is 18.0 Å². The number of carbonyl (C=O) groups is 1. The van der Waals surface area contributed by atoms with Crippen molar-refractivity contribution in [3.05, 3.63) is 35.4 Å². The van der Waals surface area contributed by atoms with Gasteiger partial charge in [0.15, 0.2) is 0 Å². The zero-order valence-electron chi connectivity index (χ0n) is 7.71. The second-order valence-electron chi connectivity index (χ2n) is 3.18. The summed E-state index contributed by atoms with van der Waals surface area (Å²) < 4.78 is 36.1. The molecule has 1 rings (SSSR count). The van der Waals surface area contributed by atoms with Gasteiger partial charge >= 0.3 is 12.1 Å².